The molecule has 0 aliphatic carbocycles. The maximum absolute atomic E-state index is 14.7. The van der Waals surface area contributed by atoms with Gasteiger partial charge in [0.2, 0.25) is 65.0 Å². The SMILES string of the molecule is CSCC[C@H](NC(=O)[C@H](CC(C)C)NC(=O)[C@H](CCCCN)NC(=O)[C@H](CCCCN)NC(=O)[C@H](CCSC)NC(=O)[C@H](CCCNC(=N)N)NC(=O)[C@H](CCCCN)NC(=O)[C@@H](N)Cc1ccccc1)C(=O)N[C@@H](CCCCN)C(=O)N[C@@H](CCCCN)C(=O)N[C@@H](Cc1ccccc1)C(N)=O. The minimum Gasteiger partial charge on any atom is -0.370 e. The lowest BCUT2D eigenvalue weighted by atomic mass is 10.0. The number of carbonyl (C=O) groups is 11. The van der Waals surface area contributed by atoms with Gasteiger partial charge in [-0.1, -0.05) is 74.5 Å². The second-order valence-electron chi connectivity index (χ2n) is 26.1. The predicted octanol–water partition coefficient (Wildman–Crippen LogP) is -1.41. The third-order valence-electron chi connectivity index (χ3n) is 16.9. The highest BCUT2D eigenvalue weighted by Crippen LogP contribution is 2.15. The normalized spacial score (nSPS) is 14.4. The minimum absolute atomic E-state index is 0.00543. The molecule has 580 valence electrons. The van der Waals surface area contributed by atoms with E-state index in [1.807, 2.05) is 56.5 Å². The molecule has 28 N–H and O–H groups in total. The molecule has 0 fully saturated rings. The van der Waals surface area contributed by atoms with Gasteiger partial charge < -0.3 is 104 Å². The first-order valence-electron chi connectivity index (χ1n) is 36.1. The van der Waals surface area contributed by atoms with Gasteiger partial charge in [0.15, 0.2) is 5.96 Å². The molecule has 0 aliphatic heterocycles. The summed E-state index contributed by atoms with van der Waals surface area (Å²) >= 11 is 2.79. The number of rotatable bonds is 57. The van der Waals surface area contributed by atoms with E-state index < -0.39 is 131 Å². The van der Waals surface area contributed by atoms with Crippen LogP contribution >= 0.6 is 23.5 Å². The molecular weight excluding hydrogens is 1360 g/mol. The fourth-order valence-corrected chi connectivity index (χ4v) is 12.0. The summed E-state index contributed by atoms with van der Waals surface area (Å²) in [5.41, 5.74) is 48.4. The number of amides is 11. The average molecular weight is 1480 g/mol. The molecule has 31 nitrogen and oxygen atoms in total. The first-order chi connectivity index (χ1) is 49.4. The van der Waals surface area contributed by atoms with E-state index in [0.717, 1.165) is 11.1 Å². The minimum atomic E-state index is -1.29. The Bertz CT molecular complexity index is 2880. The number of nitrogens with two attached hydrogens (primary N) is 8. The van der Waals surface area contributed by atoms with Crippen molar-refractivity contribution in [3.8, 4) is 0 Å². The van der Waals surface area contributed by atoms with E-state index in [0.29, 0.717) is 88.8 Å². The van der Waals surface area contributed by atoms with Crippen LogP contribution in [0.3, 0.4) is 0 Å². The fourth-order valence-electron chi connectivity index (χ4n) is 11.1. The number of unbranched alkanes of at least 4 members (excludes halogenated alkanes) is 5. The van der Waals surface area contributed by atoms with Crippen molar-refractivity contribution in [1.29, 1.82) is 5.41 Å². The van der Waals surface area contributed by atoms with Crippen LogP contribution < -0.4 is 104 Å². The van der Waals surface area contributed by atoms with E-state index in [1.165, 1.54) is 23.5 Å². The van der Waals surface area contributed by atoms with Crippen molar-refractivity contribution in [1.82, 2.24) is 58.5 Å². The Morgan fingerprint density at radius 1 is 0.359 bits per heavy atom. The fraction of sp³-hybridized carbons (Fsp3) is 0.657. The Labute approximate surface area is 616 Å². The van der Waals surface area contributed by atoms with E-state index in [4.69, 9.17) is 51.3 Å². The molecule has 11 amide bonds. The zero-order valence-electron chi connectivity index (χ0n) is 60.8. The Hall–Kier alpha value is -7.66. The van der Waals surface area contributed by atoms with Crippen LogP contribution in [0.2, 0.25) is 0 Å². The van der Waals surface area contributed by atoms with Gasteiger partial charge in [-0.3, -0.25) is 58.1 Å². The predicted molar refractivity (Wildman–Crippen MR) is 406 cm³/mol. The molecular formula is C70H122N20O11S2. The first kappa shape index (κ1) is 91.4. The average Bonchev–Trinajstić information content (AvgIpc) is 0.863. The highest BCUT2D eigenvalue weighted by Gasteiger charge is 2.37. The van der Waals surface area contributed by atoms with Crippen molar-refractivity contribution in [2.45, 2.75) is 222 Å². The van der Waals surface area contributed by atoms with Crippen molar-refractivity contribution in [2.75, 3.05) is 63.3 Å². The molecule has 0 saturated heterocycles. The van der Waals surface area contributed by atoms with Crippen molar-refractivity contribution >= 4 is 94.5 Å². The summed E-state index contributed by atoms with van der Waals surface area (Å²) in [6.45, 7) is 5.24. The maximum Gasteiger partial charge on any atom is 0.243 e. The number of nitrogens with one attached hydrogen (secondary N) is 12. The van der Waals surface area contributed by atoms with Crippen LogP contribution in [-0.4, -0.2) is 201 Å². The van der Waals surface area contributed by atoms with Crippen LogP contribution in [-0.2, 0) is 65.6 Å². The number of primary amides is 1. The second kappa shape index (κ2) is 54.0. The van der Waals surface area contributed by atoms with Crippen LogP contribution in [0.1, 0.15) is 153 Å². The molecule has 0 radical (unpaired) electrons. The van der Waals surface area contributed by atoms with Crippen LogP contribution in [0, 0.1) is 11.3 Å². The Balaban J connectivity index is 2.51. The number of benzene rings is 2. The van der Waals surface area contributed by atoms with Gasteiger partial charge in [-0.25, -0.2) is 0 Å². The molecule has 2 aromatic carbocycles. The maximum atomic E-state index is 14.7. The highest BCUT2D eigenvalue weighted by molar-refractivity contribution is 7.98. The standard InChI is InChI=1S/C70H122N20O11S2/c1-45(2)42-58(69(101)88-56(33-41-103-4)68(100)85-50(27-12-17-35-72)62(94)82-52(29-14-19-37-74)65(97)89-57(59(77)91)44-47-24-9-6-10-25-47)90-66(98)53(30-15-20-38-75)83-63(95)51(28-13-18-36-73)84-67(99)55(32-40-102-3)87-64(96)54(31-21-39-80-70(78)79)86-61(93)49(26-11-16-34-71)81-60(92)48(76)43-46-22-7-5-8-23-46/h5-10,22-25,45,48-58H,11-21,26-44,71-76H2,1-4H3,(H2,77,91)(H,81,92)(H,82,94)(H,83,95)(H,84,99)(H,85,100)(H,86,93)(H,87,96)(H,88,101)(H,89,97)(H,90,98)(H4,78,79,80)/t48-,49-,50-,51-,52-,53-,54-,55-,56-,57-,58-/m0/s1. The summed E-state index contributed by atoms with van der Waals surface area (Å²) in [5, 5.41) is 38.2. The van der Waals surface area contributed by atoms with E-state index in [-0.39, 0.29) is 115 Å². The summed E-state index contributed by atoms with van der Waals surface area (Å²) in [5.74, 6) is -7.68. The first-order valence-corrected chi connectivity index (χ1v) is 38.9. The van der Waals surface area contributed by atoms with Gasteiger partial charge in [0.25, 0.3) is 0 Å². The van der Waals surface area contributed by atoms with Crippen molar-refractivity contribution in [3.63, 3.8) is 0 Å². The lowest BCUT2D eigenvalue weighted by Gasteiger charge is -2.29. The number of guanidine groups is 1. The second-order valence-corrected chi connectivity index (χ2v) is 28.1. The van der Waals surface area contributed by atoms with Crippen LogP contribution in [0.4, 0.5) is 0 Å². The van der Waals surface area contributed by atoms with Gasteiger partial charge in [-0.2, -0.15) is 23.5 Å². The molecule has 0 aromatic heterocycles. The van der Waals surface area contributed by atoms with Gasteiger partial charge >= 0.3 is 0 Å². The van der Waals surface area contributed by atoms with Crippen LogP contribution in [0.15, 0.2) is 60.7 Å². The van der Waals surface area contributed by atoms with Gasteiger partial charge in [-0.15, -0.1) is 0 Å². The molecule has 103 heavy (non-hydrogen) atoms. The highest BCUT2D eigenvalue weighted by atomic mass is 32.2. The zero-order valence-corrected chi connectivity index (χ0v) is 62.5. The molecule has 0 spiro atoms. The third kappa shape index (κ3) is 38.6. The Morgan fingerprint density at radius 2 is 0.621 bits per heavy atom. The molecule has 0 saturated carbocycles. The summed E-state index contributed by atoms with van der Waals surface area (Å²) in [6.07, 6.45) is 9.29. The molecule has 33 heteroatoms. The van der Waals surface area contributed by atoms with Crippen molar-refractivity contribution in [2.24, 2.45) is 51.8 Å². The Kier molecular flexibility index (Phi) is 48.0. The lowest BCUT2D eigenvalue weighted by molar-refractivity contribution is -0.136. The number of thioether (sulfide) groups is 2. The Morgan fingerprint density at radius 3 is 0.903 bits per heavy atom. The number of hydrogen-bond donors (Lipinski definition) is 20. The third-order valence-corrected chi connectivity index (χ3v) is 18.2. The smallest absolute Gasteiger partial charge is 0.243 e. The molecule has 2 aromatic rings. The molecule has 0 heterocycles. The number of carbonyl (C=O) groups excluding carboxylic acids is 11. The van der Waals surface area contributed by atoms with Gasteiger partial charge in [-0.05, 0) is 209 Å². The van der Waals surface area contributed by atoms with E-state index in [2.05, 4.69) is 58.5 Å². The topological polar surface area (TPSA) is 552 Å². The zero-order chi connectivity index (χ0) is 76.5. The van der Waals surface area contributed by atoms with E-state index in [9.17, 15) is 52.7 Å². The van der Waals surface area contributed by atoms with E-state index in [1.54, 1.807) is 30.5 Å². The van der Waals surface area contributed by atoms with Crippen molar-refractivity contribution in [3.05, 3.63) is 71.8 Å². The molecule has 0 unspecified atom stereocenters. The molecule has 11 atom stereocenters. The van der Waals surface area contributed by atoms with Crippen LogP contribution in [0.25, 0.3) is 0 Å². The van der Waals surface area contributed by atoms with E-state index >= 15 is 0 Å². The molecule has 0 bridgehead atoms. The summed E-state index contributed by atoms with van der Waals surface area (Å²) in [4.78, 5) is 156. The molecule has 0 aliphatic rings. The monoisotopic (exact) mass is 1480 g/mol. The quantitative estimate of drug-likeness (QED) is 0.0206. The summed E-state index contributed by atoms with van der Waals surface area (Å²) in [6, 6.07) is 4.80. The van der Waals surface area contributed by atoms with Crippen molar-refractivity contribution < 1.29 is 52.7 Å². The van der Waals surface area contributed by atoms with Crippen LogP contribution in [0.5, 0.6) is 0 Å². The molecule has 2 rings (SSSR count). The number of hydrogen-bond acceptors (Lipinski definition) is 20. The lowest BCUT2D eigenvalue weighted by Crippen LogP contribution is -2.61. The van der Waals surface area contributed by atoms with Gasteiger partial charge in [0.05, 0.1) is 6.04 Å². The van der Waals surface area contributed by atoms with Gasteiger partial charge in [0.1, 0.15) is 60.4 Å². The summed E-state index contributed by atoms with van der Waals surface area (Å²) < 4.78 is 0. The largest absolute Gasteiger partial charge is 0.370 e. The van der Waals surface area contributed by atoms with Gasteiger partial charge in [0, 0.05) is 13.0 Å². The summed E-state index contributed by atoms with van der Waals surface area (Å²) in [7, 11) is 0.